The van der Waals surface area contributed by atoms with Gasteiger partial charge in [-0.2, -0.15) is 0 Å². The summed E-state index contributed by atoms with van der Waals surface area (Å²) in [6, 6.07) is 0. The van der Waals surface area contributed by atoms with Gasteiger partial charge in [-0.1, -0.05) is 6.92 Å². The first-order valence-electron chi connectivity index (χ1n) is 3.96. The predicted octanol–water partition coefficient (Wildman–Crippen LogP) is 1.01. The maximum absolute atomic E-state index is 10.2. The second-order valence-corrected chi connectivity index (χ2v) is 3.63. The highest BCUT2D eigenvalue weighted by Crippen LogP contribution is 2.40. The molecule has 0 aliphatic heterocycles. The third-order valence-electron chi connectivity index (χ3n) is 2.26. The van der Waals surface area contributed by atoms with Crippen LogP contribution < -0.4 is 0 Å². The number of carboxylic acids is 1. The molecule has 0 spiro atoms. The van der Waals surface area contributed by atoms with E-state index in [1.165, 1.54) is 0 Å². The van der Waals surface area contributed by atoms with Gasteiger partial charge in [-0.15, -0.1) is 0 Å². The van der Waals surface area contributed by atoms with Crippen LogP contribution in [0.2, 0.25) is 0 Å². The van der Waals surface area contributed by atoms with Crippen LogP contribution in [0, 0.1) is 5.92 Å². The molecular formula is C8H14O3. The van der Waals surface area contributed by atoms with Gasteiger partial charge in [-0.25, -0.2) is 0 Å². The van der Waals surface area contributed by atoms with Gasteiger partial charge in [0.15, 0.2) is 0 Å². The highest BCUT2D eigenvalue weighted by molar-refractivity contribution is 5.66. The maximum Gasteiger partial charge on any atom is 0.303 e. The van der Waals surface area contributed by atoms with Gasteiger partial charge < -0.3 is 10.2 Å². The van der Waals surface area contributed by atoms with Crippen LogP contribution in [0.1, 0.15) is 32.6 Å². The van der Waals surface area contributed by atoms with Crippen molar-refractivity contribution in [1.82, 2.24) is 0 Å². The molecule has 0 aromatic rings. The molecule has 1 rings (SSSR count). The summed E-state index contributed by atoms with van der Waals surface area (Å²) in [4.78, 5) is 10.2. The lowest BCUT2D eigenvalue weighted by molar-refractivity contribution is -0.140. The lowest BCUT2D eigenvalue weighted by Gasteiger charge is -2.41. The monoisotopic (exact) mass is 158 g/mol. The molecule has 0 unspecified atom stereocenters. The molecule has 0 bridgehead atoms. The SMILES string of the molecule is CC1CC(O)(CCC(=O)O)C1. The van der Waals surface area contributed by atoms with Gasteiger partial charge in [0.05, 0.1) is 5.60 Å². The van der Waals surface area contributed by atoms with Crippen molar-refractivity contribution >= 4 is 5.97 Å². The average molecular weight is 158 g/mol. The average Bonchev–Trinajstić information content (AvgIpc) is 1.81. The molecule has 1 aliphatic rings. The Morgan fingerprint density at radius 3 is 2.55 bits per heavy atom. The van der Waals surface area contributed by atoms with Gasteiger partial charge in [-0.05, 0) is 25.2 Å². The van der Waals surface area contributed by atoms with Crippen LogP contribution in [0.4, 0.5) is 0 Å². The first kappa shape index (κ1) is 8.53. The highest BCUT2D eigenvalue weighted by atomic mass is 16.4. The van der Waals surface area contributed by atoms with Crippen LogP contribution >= 0.6 is 0 Å². The molecule has 0 heterocycles. The quantitative estimate of drug-likeness (QED) is 0.644. The van der Waals surface area contributed by atoms with Crippen molar-refractivity contribution in [2.45, 2.75) is 38.2 Å². The van der Waals surface area contributed by atoms with Crippen molar-refractivity contribution in [3.05, 3.63) is 0 Å². The molecule has 2 N–H and O–H groups in total. The van der Waals surface area contributed by atoms with E-state index in [0.717, 1.165) is 12.8 Å². The lowest BCUT2D eigenvalue weighted by atomic mass is 9.70. The van der Waals surface area contributed by atoms with Crippen LogP contribution in [0.3, 0.4) is 0 Å². The van der Waals surface area contributed by atoms with Crippen molar-refractivity contribution in [3.63, 3.8) is 0 Å². The highest BCUT2D eigenvalue weighted by Gasteiger charge is 2.39. The Morgan fingerprint density at radius 1 is 1.64 bits per heavy atom. The molecule has 0 amide bonds. The van der Waals surface area contributed by atoms with E-state index in [4.69, 9.17) is 5.11 Å². The van der Waals surface area contributed by atoms with E-state index >= 15 is 0 Å². The van der Waals surface area contributed by atoms with E-state index in [-0.39, 0.29) is 6.42 Å². The van der Waals surface area contributed by atoms with Crippen LogP contribution in [0.25, 0.3) is 0 Å². The van der Waals surface area contributed by atoms with Gasteiger partial charge in [0, 0.05) is 6.42 Å². The minimum absolute atomic E-state index is 0.0865. The molecule has 1 aliphatic carbocycles. The van der Waals surface area contributed by atoms with Gasteiger partial charge in [0.2, 0.25) is 0 Å². The summed E-state index contributed by atoms with van der Waals surface area (Å²) in [6.07, 6.45) is 2.02. The van der Waals surface area contributed by atoms with E-state index < -0.39 is 11.6 Å². The molecule has 0 radical (unpaired) electrons. The zero-order valence-electron chi connectivity index (χ0n) is 6.71. The summed E-state index contributed by atoms with van der Waals surface area (Å²) < 4.78 is 0. The predicted molar refractivity (Wildman–Crippen MR) is 40.2 cm³/mol. The standard InChI is InChI=1S/C8H14O3/c1-6-4-8(11,5-6)3-2-7(9)10/h6,11H,2-5H2,1H3,(H,9,10). The Hall–Kier alpha value is -0.570. The molecule has 1 saturated carbocycles. The Morgan fingerprint density at radius 2 is 2.18 bits per heavy atom. The fourth-order valence-electron chi connectivity index (χ4n) is 1.78. The van der Waals surface area contributed by atoms with Crippen molar-refractivity contribution in [2.75, 3.05) is 0 Å². The van der Waals surface area contributed by atoms with Gasteiger partial charge in [0.25, 0.3) is 0 Å². The fraction of sp³-hybridized carbons (Fsp3) is 0.875. The minimum Gasteiger partial charge on any atom is -0.481 e. The van der Waals surface area contributed by atoms with Gasteiger partial charge >= 0.3 is 5.97 Å². The minimum atomic E-state index is -0.821. The smallest absolute Gasteiger partial charge is 0.303 e. The summed E-state index contributed by atoms with van der Waals surface area (Å²) in [5.41, 5.74) is -0.655. The third kappa shape index (κ3) is 2.19. The molecule has 64 valence electrons. The summed E-state index contributed by atoms with van der Waals surface area (Å²) >= 11 is 0. The normalized spacial score (nSPS) is 36.4. The second-order valence-electron chi connectivity index (χ2n) is 3.63. The first-order chi connectivity index (χ1) is 5.02. The van der Waals surface area contributed by atoms with Crippen LogP contribution in [0.5, 0.6) is 0 Å². The molecule has 0 aromatic carbocycles. The van der Waals surface area contributed by atoms with E-state index in [9.17, 15) is 9.90 Å². The molecule has 0 aromatic heterocycles. The summed E-state index contributed by atoms with van der Waals surface area (Å²) in [5, 5.41) is 17.9. The summed E-state index contributed by atoms with van der Waals surface area (Å²) in [5.74, 6) is -0.258. The molecule has 0 saturated heterocycles. The van der Waals surface area contributed by atoms with Crippen LogP contribution in [-0.2, 0) is 4.79 Å². The van der Waals surface area contributed by atoms with Crippen LogP contribution in [0.15, 0.2) is 0 Å². The Bertz CT molecular complexity index is 159. The number of aliphatic carboxylic acids is 1. The molecule has 1 fully saturated rings. The van der Waals surface area contributed by atoms with E-state index in [2.05, 4.69) is 6.92 Å². The maximum atomic E-state index is 10.2. The Kier molecular flexibility index (Phi) is 2.18. The van der Waals surface area contributed by atoms with Crippen molar-refractivity contribution in [2.24, 2.45) is 5.92 Å². The summed E-state index contributed by atoms with van der Waals surface area (Å²) in [7, 11) is 0. The lowest BCUT2D eigenvalue weighted by Crippen LogP contribution is -2.42. The number of hydrogen-bond acceptors (Lipinski definition) is 2. The van der Waals surface area contributed by atoms with E-state index in [1.54, 1.807) is 0 Å². The number of carboxylic acid groups (broad SMARTS) is 1. The number of aliphatic hydroxyl groups is 1. The largest absolute Gasteiger partial charge is 0.481 e. The number of carbonyl (C=O) groups is 1. The molecule has 11 heavy (non-hydrogen) atoms. The molecule has 3 heteroatoms. The zero-order valence-corrected chi connectivity index (χ0v) is 6.71. The zero-order chi connectivity index (χ0) is 8.48. The fourth-order valence-corrected chi connectivity index (χ4v) is 1.78. The van der Waals surface area contributed by atoms with E-state index in [0.29, 0.717) is 12.3 Å². The van der Waals surface area contributed by atoms with Crippen LogP contribution in [-0.4, -0.2) is 21.8 Å². The van der Waals surface area contributed by atoms with Crippen molar-refractivity contribution < 1.29 is 15.0 Å². The van der Waals surface area contributed by atoms with Crippen molar-refractivity contribution in [1.29, 1.82) is 0 Å². The summed E-state index contributed by atoms with van der Waals surface area (Å²) in [6.45, 7) is 2.06. The van der Waals surface area contributed by atoms with Gasteiger partial charge in [-0.3, -0.25) is 4.79 Å². The molecule has 3 nitrogen and oxygen atoms in total. The third-order valence-corrected chi connectivity index (χ3v) is 2.26. The van der Waals surface area contributed by atoms with Crippen molar-refractivity contribution in [3.8, 4) is 0 Å². The van der Waals surface area contributed by atoms with E-state index in [1.807, 2.05) is 0 Å². The second kappa shape index (κ2) is 2.81. The number of hydrogen-bond donors (Lipinski definition) is 2. The molecule has 0 atom stereocenters. The first-order valence-corrected chi connectivity index (χ1v) is 3.96. The topological polar surface area (TPSA) is 57.5 Å². The Balaban J connectivity index is 2.21. The van der Waals surface area contributed by atoms with Gasteiger partial charge in [0.1, 0.15) is 0 Å². The number of rotatable bonds is 3. The Labute approximate surface area is 66.0 Å². The molecular weight excluding hydrogens is 144 g/mol.